The molecule has 10 heteroatoms. The number of anilines is 1. The minimum Gasteiger partial charge on any atom is -0.482 e. The first-order valence-electron chi connectivity index (χ1n) is 8.77. The van der Waals surface area contributed by atoms with Crippen LogP contribution in [0, 0.1) is 11.6 Å². The van der Waals surface area contributed by atoms with Gasteiger partial charge in [-0.25, -0.2) is 13.8 Å². The van der Waals surface area contributed by atoms with Crippen LogP contribution in [0.4, 0.5) is 13.9 Å². The van der Waals surface area contributed by atoms with Crippen LogP contribution >= 0.6 is 34.5 Å². The topological polar surface area (TPSA) is 45.7 Å². The second-order valence-corrected chi connectivity index (χ2v) is 8.31. The van der Waals surface area contributed by atoms with Crippen molar-refractivity contribution in [3.05, 3.63) is 52.0 Å². The third-order valence-corrected chi connectivity index (χ3v) is 6.14. The zero-order valence-electron chi connectivity index (χ0n) is 15.0. The Kier molecular flexibility index (Phi) is 5.76. The number of piperazine rings is 1. The van der Waals surface area contributed by atoms with Crippen LogP contribution in [-0.2, 0) is 4.79 Å². The molecule has 0 aliphatic carbocycles. The van der Waals surface area contributed by atoms with Gasteiger partial charge in [-0.05, 0) is 24.3 Å². The maximum Gasteiger partial charge on any atom is 0.260 e. The lowest BCUT2D eigenvalue weighted by Crippen LogP contribution is -2.50. The molecule has 4 rings (SSSR count). The zero-order chi connectivity index (χ0) is 20.5. The Labute approximate surface area is 179 Å². The first kappa shape index (κ1) is 20.1. The van der Waals surface area contributed by atoms with E-state index in [1.54, 1.807) is 23.1 Å². The maximum atomic E-state index is 13.9. The molecule has 0 radical (unpaired) electrons. The van der Waals surface area contributed by atoms with Crippen molar-refractivity contribution in [1.82, 2.24) is 9.88 Å². The van der Waals surface area contributed by atoms with Crippen molar-refractivity contribution >= 4 is 55.8 Å². The summed E-state index contributed by atoms with van der Waals surface area (Å²) in [4.78, 5) is 20.4. The Morgan fingerprint density at radius 1 is 1.14 bits per heavy atom. The highest BCUT2D eigenvalue weighted by molar-refractivity contribution is 7.22. The van der Waals surface area contributed by atoms with E-state index in [1.807, 2.05) is 4.90 Å². The summed E-state index contributed by atoms with van der Waals surface area (Å²) in [6, 6.07) is 6.91. The first-order chi connectivity index (χ1) is 13.9. The summed E-state index contributed by atoms with van der Waals surface area (Å²) in [5.41, 5.74) is 0.165. The summed E-state index contributed by atoms with van der Waals surface area (Å²) < 4.78 is 33.2. The second kappa shape index (κ2) is 8.30. The van der Waals surface area contributed by atoms with E-state index in [9.17, 15) is 13.6 Å². The molecule has 0 N–H and O–H groups in total. The molecule has 2 aromatic carbocycles. The minimum atomic E-state index is -0.672. The molecular weight excluding hydrogens is 443 g/mol. The molecule has 1 aromatic heterocycles. The van der Waals surface area contributed by atoms with Gasteiger partial charge in [0.2, 0.25) is 0 Å². The van der Waals surface area contributed by atoms with Crippen molar-refractivity contribution in [2.45, 2.75) is 0 Å². The van der Waals surface area contributed by atoms with Gasteiger partial charge in [-0.3, -0.25) is 4.79 Å². The number of fused-ring (bicyclic) bond motifs is 1. The van der Waals surface area contributed by atoms with Crippen molar-refractivity contribution in [2.24, 2.45) is 0 Å². The molecule has 152 valence electrons. The van der Waals surface area contributed by atoms with Crippen molar-refractivity contribution in [1.29, 1.82) is 0 Å². The number of benzene rings is 2. The number of ether oxygens (including phenoxy) is 1. The van der Waals surface area contributed by atoms with Gasteiger partial charge in [-0.1, -0.05) is 34.5 Å². The van der Waals surface area contributed by atoms with Crippen molar-refractivity contribution in [2.75, 3.05) is 37.7 Å². The van der Waals surface area contributed by atoms with Crippen LogP contribution < -0.4 is 9.64 Å². The van der Waals surface area contributed by atoms with E-state index >= 15 is 0 Å². The van der Waals surface area contributed by atoms with Crippen LogP contribution in [0.15, 0.2) is 30.3 Å². The van der Waals surface area contributed by atoms with Gasteiger partial charge < -0.3 is 14.5 Å². The number of hydrogen-bond donors (Lipinski definition) is 0. The number of nitrogens with zero attached hydrogens (tertiary/aromatic N) is 3. The van der Waals surface area contributed by atoms with E-state index in [0.717, 1.165) is 6.07 Å². The standard InChI is InChI=1S/C19H15Cl2F2N3O2S/c20-11-1-2-15(13(21)7-11)28-10-17(27)25-3-5-26(6-4-25)19-24-18-14(23)8-12(22)9-16(18)29-19/h1-2,7-9H,3-6,10H2. The summed E-state index contributed by atoms with van der Waals surface area (Å²) in [5.74, 6) is -1.06. The quantitative estimate of drug-likeness (QED) is 0.573. The normalized spacial score (nSPS) is 14.5. The summed E-state index contributed by atoms with van der Waals surface area (Å²) in [7, 11) is 0. The molecule has 1 fully saturated rings. The lowest BCUT2D eigenvalue weighted by molar-refractivity contribution is -0.133. The van der Waals surface area contributed by atoms with Crippen LogP contribution in [0.1, 0.15) is 0 Å². The van der Waals surface area contributed by atoms with E-state index in [-0.39, 0.29) is 18.0 Å². The molecule has 5 nitrogen and oxygen atoms in total. The molecule has 0 saturated carbocycles. The Hall–Kier alpha value is -2.16. The molecule has 1 aliphatic rings. The molecule has 1 amide bonds. The van der Waals surface area contributed by atoms with Crippen LogP contribution in [0.25, 0.3) is 10.2 Å². The summed E-state index contributed by atoms with van der Waals surface area (Å²) in [6.07, 6.45) is 0. The number of carbonyl (C=O) groups is 1. The Balaban J connectivity index is 1.35. The molecule has 29 heavy (non-hydrogen) atoms. The number of rotatable bonds is 4. The number of hydrogen-bond acceptors (Lipinski definition) is 5. The number of thiazole rings is 1. The third kappa shape index (κ3) is 4.39. The van der Waals surface area contributed by atoms with Gasteiger partial charge in [0.15, 0.2) is 17.6 Å². The second-order valence-electron chi connectivity index (χ2n) is 6.46. The van der Waals surface area contributed by atoms with Crippen molar-refractivity contribution < 1.29 is 18.3 Å². The van der Waals surface area contributed by atoms with Crippen molar-refractivity contribution in [3.63, 3.8) is 0 Å². The fourth-order valence-electron chi connectivity index (χ4n) is 3.05. The SMILES string of the molecule is O=C(COc1ccc(Cl)cc1Cl)N1CCN(c2nc3c(F)cc(F)cc3s2)CC1. The van der Waals surface area contributed by atoms with Crippen LogP contribution in [0.2, 0.25) is 10.0 Å². The van der Waals surface area contributed by atoms with Crippen LogP contribution in [0.5, 0.6) is 5.75 Å². The Morgan fingerprint density at radius 3 is 2.62 bits per heavy atom. The van der Waals surface area contributed by atoms with E-state index in [1.165, 1.54) is 17.4 Å². The molecule has 1 aliphatic heterocycles. The van der Waals surface area contributed by atoms with E-state index in [4.69, 9.17) is 27.9 Å². The third-order valence-electron chi connectivity index (χ3n) is 4.55. The fourth-order valence-corrected chi connectivity index (χ4v) is 4.57. The summed E-state index contributed by atoms with van der Waals surface area (Å²) in [6.45, 7) is 1.90. The molecule has 3 aromatic rings. The molecule has 1 saturated heterocycles. The summed E-state index contributed by atoms with van der Waals surface area (Å²) >= 11 is 13.1. The average Bonchev–Trinajstić information content (AvgIpc) is 3.11. The Bertz CT molecular complexity index is 1070. The highest BCUT2D eigenvalue weighted by atomic mass is 35.5. The lowest BCUT2D eigenvalue weighted by atomic mass is 10.3. The predicted octanol–water partition coefficient (Wildman–Crippen LogP) is 4.61. The van der Waals surface area contributed by atoms with Gasteiger partial charge in [-0.15, -0.1) is 0 Å². The predicted molar refractivity (Wildman–Crippen MR) is 110 cm³/mol. The molecule has 2 heterocycles. The number of aromatic nitrogens is 1. The zero-order valence-corrected chi connectivity index (χ0v) is 17.3. The highest BCUT2D eigenvalue weighted by Gasteiger charge is 2.24. The molecular formula is C19H15Cl2F2N3O2S. The van der Waals surface area contributed by atoms with Gasteiger partial charge in [0.05, 0.1) is 9.72 Å². The van der Waals surface area contributed by atoms with E-state index in [2.05, 4.69) is 4.98 Å². The molecule has 0 atom stereocenters. The number of carbonyl (C=O) groups excluding carboxylic acids is 1. The number of amides is 1. The van der Waals surface area contributed by atoms with Gasteiger partial charge >= 0.3 is 0 Å². The van der Waals surface area contributed by atoms with Gasteiger partial charge in [-0.2, -0.15) is 0 Å². The molecule has 0 spiro atoms. The monoisotopic (exact) mass is 457 g/mol. The number of halogens is 4. The molecule has 0 bridgehead atoms. The minimum absolute atomic E-state index is 0.132. The van der Waals surface area contributed by atoms with Crippen molar-refractivity contribution in [3.8, 4) is 5.75 Å². The lowest BCUT2D eigenvalue weighted by Gasteiger charge is -2.34. The van der Waals surface area contributed by atoms with E-state index in [0.29, 0.717) is 51.8 Å². The maximum absolute atomic E-state index is 13.9. The Morgan fingerprint density at radius 2 is 1.90 bits per heavy atom. The molecule has 0 unspecified atom stereocenters. The van der Waals surface area contributed by atoms with Gasteiger partial charge in [0.1, 0.15) is 17.1 Å². The average molecular weight is 458 g/mol. The summed E-state index contributed by atoms with van der Waals surface area (Å²) in [5, 5.41) is 1.44. The van der Waals surface area contributed by atoms with Crippen LogP contribution in [0.3, 0.4) is 0 Å². The first-order valence-corrected chi connectivity index (χ1v) is 10.3. The largest absolute Gasteiger partial charge is 0.482 e. The van der Waals surface area contributed by atoms with E-state index < -0.39 is 11.6 Å². The fraction of sp³-hybridized carbons (Fsp3) is 0.263. The highest BCUT2D eigenvalue weighted by Crippen LogP contribution is 2.32. The van der Waals surface area contributed by atoms with Crippen LogP contribution in [-0.4, -0.2) is 48.6 Å². The smallest absolute Gasteiger partial charge is 0.260 e. The van der Waals surface area contributed by atoms with Gasteiger partial charge in [0.25, 0.3) is 5.91 Å². The van der Waals surface area contributed by atoms with Gasteiger partial charge in [0, 0.05) is 37.3 Å².